The molecule has 2 rings (SSSR count). The Balaban J connectivity index is 2.57. The Kier molecular flexibility index (Phi) is 3.86. The van der Waals surface area contributed by atoms with E-state index < -0.39 is 0 Å². The summed E-state index contributed by atoms with van der Waals surface area (Å²) in [5, 5.41) is 0. The summed E-state index contributed by atoms with van der Waals surface area (Å²) in [6.07, 6.45) is 7.21. The van der Waals surface area contributed by atoms with Gasteiger partial charge in [-0.3, -0.25) is 0 Å². The van der Waals surface area contributed by atoms with Crippen LogP contribution in [0.4, 0.5) is 0 Å². The highest BCUT2D eigenvalue weighted by Gasteiger charge is 2.32. The van der Waals surface area contributed by atoms with Gasteiger partial charge in [-0.15, -0.1) is 0 Å². The molecule has 1 aromatic heterocycles. The Morgan fingerprint density at radius 2 is 1.89 bits per heavy atom. The van der Waals surface area contributed by atoms with E-state index in [4.69, 9.17) is 5.73 Å². The molecule has 0 saturated heterocycles. The van der Waals surface area contributed by atoms with Crippen molar-refractivity contribution >= 4 is 0 Å². The normalized spacial score (nSPS) is 19.9. The third-order valence-corrected chi connectivity index (χ3v) is 5.10. The maximum Gasteiger partial charge on any atom is 0.0437 e. The molecule has 0 spiro atoms. The minimum atomic E-state index is 0.261. The largest absolute Gasteiger partial charge is 0.343 e. The molecule has 102 valence electrons. The molecular weight excluding hydrogens is 220 g/mol. The molecule has 1 heterocycles. The topological polar surface area (TPSA) is 30.9 Å². The molecule has 1 aliphatic rings. The number of nitrogens with two attached hydrogens (primary N) is 1. The molecule has 0 saturated carbocycles. The smallest absolute Gasteiger partial charge is 0.0437 e. The molecule has 0 bridgehead atoms. The van der Waals surface area contributed by atoms with Crippen molar-refractivity contribution in [3.8, 4) is 0 Å². The molecular formula is C16H28N2. The van der Waals surface area contributed by atoms with Crippen LogP contribution < -0.4 is 5.73 Å². The Bertz CT molecular complexity index is 405. The van der Waals surface area contributed by atoms with E-state index in [1.54, 1.807) is 0 Å². The Morgan fingerprint density at radius 1 is 1.28 bits per heavy atom. The lowest BCUT2D eigenvalue weighted by Gasteiger charge is -2.37. The van der Waals surface area contributed by atoms with Gasteiger partial charge in [0.15, 0.2) is 0 Å². The number of nitrogens with zero attached hydrogens (tertiary/aromatic N) is 1. The summed E-state index contributed by atoms with van der Waals surface area (Å²) in [5.74, 6) is 0. The molecule has 2 N–H and O–H groups in total. The zero-order valence-corrected chi connectivity index (χ0v) is 12.4. The molecule has 0 aliphatic heterocycles. The van der Waals surface area contributed by atoms with Gasteiger partial charge in [-0.1, -0.05) is 20.8 Å². The van der Waals surface area contributed by atoms with Crippen molar-refractivity contribution in [2.45, 2.75) is 77.8 Å². The first-order valence-electron chi connectivity index (χ1n) is 7.56. The van der Waals surface area contributed by atoms with Crippen LogP contribution in [0.1, 0.15) is 75.9 Å². The van der Waals surface area contributed by atoms with Gasteiger partial charge >= 0.3 is 0 Å². The van der Waals surface area contributed by atoms with Crippen LogP contribution in [0.15, 0.2) is 6.07 Å². The predicted octanol–water partition coefficient (Wildman–Crippen LogP) is 4.06. The number of rotatable bonds is 4. The van der Waals surface area contributed by atoms with Gasteiger partial charge in [0, 0.05) is 23.0 Å². The number of hydrogen-bond acceptors (Lipinski definition) is 1. The van der Waals surface area contributed by atoms with E-state index in [9.17, 15) is 0 Å². The lowest BCUT2D eigenvalue weighted by atomic mass is 9.87. The van der Waals surface area contributed by atoms with E-state index in [1.165, 1.54) is 49.1 Å². The van der Waals surface area contributed by atoms with E-state index >= 15 is 0 Å². The van der Waals surface area contributed by atoms with E-state index in [1.807, 2.05) is 0 Å². The molecule has 18 heavy (non-hydrogen) atoms. The third kappa shape index (κ3) is 1.91. The molecule has 0 aromatic carbocycles. The van der Waals surface area contributed by atoms with Gasteiger partial charge in [-0.25, -0.2) is 0 Å². The highest BCUT2D eigenvalue weighted by atomic mass is 15.1. The van der Waals surface area contributed by atoms with E-state index in [-0.39, 0.29) is 6.04 Å². The number of fused-ring (bicyclic) bond motifs is 1. The van der Waals surface area contributed by atoms with Crippen molar-refractivity contribution in [2.75, 3.05) is 0 Å². The zero-order valence-electron chi connectivity index (χ0n) is 12.4. The van der Waals surface area contributed by atoms with Crippen LogP contribution in [0.25, 0.3) is 0 Å². The van der Waals surface area contributed by atoms with Crippen LogP contribution in [0.2, 0.25) is 0 Å². The molecule has 0 radical (unpaired) electrons. The molecule has 1 atom stereocenters. The third-order valence-electron chi connectivity index (χ3n) is 5.10. The molecule has 0 amide bonds. The fraction of sp³-hybridized carbons (Fsp3) is 0.750. The van der Waals surface area contributed by atoms with Gasteiger partial charge in [0.1, 0.15) is 0 Å². The Labute approximate surface area is 112 Å². The first-order chi connectivity index (χ1) is 8.59. The average molecular weight is 248 g/mol. The molecule has 0 fully saturated rings. The van der Waals surface area contributed by atoms with Crippen LogP contribution in [0.3, 0.4) is 0 Å². The van der Waals surface area contributed by atoms with Gasteiger partial charge in [-0.05, 0) is 57.1 Å². The standard InChI is InChI=1S/C16H28N2/c1-5-16(6-2,7-3)18-12(4)11-13-14(17)9-8-10-15(13)18/h11,14H,5-10,17H2,1-4H3. The van der Waals surface area contributed by atoms with Crippen molar-refractivity contribution in [3.63, 3.8) is 0 Å². The summed E-state index contributed by atoms with van der Waals surface area (Å²) in [6.45, 7) is 9.21. The average Bonchev–Trinajstić information content (AvgIpc) is 2.72. The van der Waals surface area contributed by atoms with Gasteiger partial charge in [0.05, 0.1) is 0 Å². The fourth-order valence-electron chi connectivity index (χ4n) is 3.82. The number of aryl methyl sites for hydroxylation is 1. The summed E-state index contributed by atoms with van der Waals surface area (Å²) in [7, 11) is 0. The summed E-state index contributed by atoms with van der Waals surface area (Å²) in [5.41, 5.74) is 10.9. The molecule has 2 nitrogen and oxygen atoms in total. The van der Waals surface area contributed by atoms with Crippen LogP contribution in [0.5, 0.6) is 0 Å². The quantitative estimate of drug-likeness (QED) is 0.856. The second-order valence-corrected chi connectivity index (χ2v) is 5.81. The first kappa shape index (κ1) is 13.7. The molecule has 2 heteroatoms. The fourth-order valence-corrected chi connectivity index (χ4v) is 3.82. The predicted molar refractivity (Wildman–Crippen MR) is 77.9 cm³/mol. The van der Waals surface area contributed by atoms with Crippen molar-refractivity contribution in [2.24, 2.45) is 5.73 Å². The van der Waals surface area contributed by atoms with Crippen LogP contribution >= 0.6 is 0 Å². The van der Waals surface area contributed by atoms with Crippen molar-refractivity contribution in [1.82, 2.24) is 4.57 Å². The first-order valence-corrected chi connectivity index (χ1v) is 7.56. The zero-order chi connectivity index (χ0) is 13.3. The second kappa shape index (κ2) is 5.08. The minimum Gasteiger partial charge on any atom is -0.343 e. The van der Waals surface area contributed by atoms with Crippen LogP contribution in [0, 0.1) is 6.92 Å². The SMILES string of the molecule is CCC(CC)(CC)n1c(C)cc2c1CCCC2N. The van der Waals surface area contributed by atoms with Crippen LogP contribution in [-0.4, -0.2) is 4.57 Å². The number of aromatic nitrogens is 1. The maximum atomic E-state index is 6.28. The Morgan fingerprint density at radius 3 is 2.44 bits per heavy atom. The molecule has 1 aliphatic carbocycles. The van der Waals surface area contributed by atoms with Gasteiger partial charge in [-0.2, -0.15) is 0 Å². The molecule has 1 aromatic rings. The van der Waals surface area contributed by atoms with E-state index in [0.29, 0.717) is 5.54 Å². The Hall–Kier alpha value is -0.760. The van der Waals surface area contributed by atoms with Gasteiger partial charge < -0.3 is 10.3 Å². The van der Waals surface area contributed by atoms with Gasteiger partial charge in [0.2, 0.25) is 0 Å². The minimum absolute atomic E-state index is 0.261. The summed E-state index contributed by atoms with van der Waals surface area (Å²) in [6, 6.07) is 2.60. The summed E-state index contributed by atoms with van der Waals surface area (Å²) >= 11 is 0. The van der Waals surface area contributed by atoms with Gasteiger partial charge in [0.25, 0.3) is 0 Å². The van der Waals surface area contributed by atoms with Crippen LogP contribution in [-0.2, 0) is 12.0 Å². The van der Waals surface area contributed by atoms with E-state index in [0.717, 1.165) is 6.42 Å². The summed E-state index contributed by atoms with van der Waals surface area (Å²) in [4.78, 5) is 0. The monoisotopic (exact) mass is 248 g/mol. The highest BCUT2D eigenvalue weighted by Crippen LogP contribution is 2.38. The van der Waals surface area contributed by atoms with Crippen molar-refractivity contribution in [3.05, 3.63) is 23.0 Å². The van der Waals surface area contributed by atoms with Crippen molar-refractivity contribution < 1.29 is 0 Å². The number of hydrogen-bond donors (Lipinski definition) is 1. The lowest BCUT2D eigenvalue weighted by Crippen LogP contribution is -2.34. The summed E-state index contributed by atoms with van der Waals surface area (Å²) < 4.78 is 2.63. The second-order valence-electron chi connectivity index (χ2n) is 5.81. The lowest BCUT2D eigenvalue weighted by molar-refractivity contribution is 0.238. The maximum absolute atomic E-state index is 6.28. The van der Waals surface area contributed by atoms with E-state index in [2.05, 4.69) is 38.3 Å². The van der Waals surface area contributed by atoms with Crippen molar-refractivity contribution in [1.29, 1.82) is 0 Å². The highest BCUT2D eigenvalue weighted by molar-refractivity contribution is 5.34. The molecule has 1 unspecified atom stereocenters.